The van der Waals surface area contributed by atoms with E-state index in [-0.39, 0.29) is 5.75 Å². The summed E-state index contributed by atoms with van der Waals surface area (Å²) in [6.07, 6.45) is -11.3. The Labute approximate surface area is 279 Å². The van der Waals surface area contributed by atoms with E-state index < -0.39 is 110 Å². The summed E-state index contributed by atoms with van der Waals surface area (Å²) in [4.78, 5) is 73.2. The zero-order valence-corrected chi connectivity index (χ0v) is 27.2. The van der Waals surface area contributed by atoms with Gasteiger partial charge in [-0.1, -0.05) is 12.1 Å². The van der Waals surface area contributed by atoms with Crippen LogP contribution < -0.4 is 0 Å². The summed E-state index contributed by atoms with van der Waals surface area (Å²) in [6.45, 7) is 2.73. The molecule has 49 heavy (non-hydrogen) atoms. The molecule has 3 N–H and O–H groups in total. The van der Waals surface area contributed by atoms with Gasteiger partial charge < -0.3 is 58.0 Å². The number of phenolic OH excluding ortho intramolecular Hbond substituents is 1. The molecule has 0 aliphatic carbocycles. The Morgan fingerprint density at radius 1 is 0.776 bits per heavy atom. The number of ether oxygens (including phenoxy) is 9. The minimum absolute atomic E-state index is 0.0231. The maximum Gasteiger partial charge on any atom is 0.331 e. The molecule has 1 aromatic carbocycles. The highest BCUT2D eigenvalue weighted by Crippen LogP contribution is 2.41. The summed E-state index contributed by atoms with van der Waals surface area (Å²) < 4.78 is 49.7. The van der Waals surface area contributed by atoms with Gasteiger partial charge in [0, 0.05) is 40.7 Å². The number of esters is 6. The number of rotatable bonds is 13. The van der Waals surface area contributed by atoms with Crippen LogP contribution in [0, 0.1) is 0 Å². The molecular weight excluding hydrogens is 660 g/mol. The quantitative estimate of drug-likeness (QED) is 0.133. The zero-order chi connectivity index (χ0) is 36.5. The van der Waals surface area contributed by atoms with Crippen molar-refractivity contribution in [1.82, 2.24) is 0 Å². The van der Waals surface area contributed by atoms with Gasteiger partial charge in [-0.3, -0.25) is 24.0 Å². The molecule has 2 heterocycles. The standard InChI is InChI=1S/C31H38O18/c1-15(33)41-13-23-25(40)27(44-18(4)36)28(45-19(5)37)30(46-23)49-31(14-42-16(2)34)29(26(43-17(3)35)22(12-32)48-31)47-24(39)11-8-20-6-9-21(38)10-7-20/h6-11,22-23,25-30,32,38,40H,12-14H2,1-5H3. The van der Waals surface area contributed by atoms with Crippen LogP contribution in [0.5, 0.6) is 5.75 Å². The smallest absolute Gasteiger partial charge is 0.331 e. The monoisotopic (exact) mass is 698 g/mol. The molecule has 270 valence electrons. The molecule has 0 saturated carbocycles. The van der Waals surface area contributed by atoms with Crippen LogP contribution in [-0.4, -0.2) is 126 Å². The molecule has 2 aliphatic rings. The Hall–Kier alpha value is -4.62. The van der Waals surface area contributed by atoms with Crippen LogP contribution >= 0.6 is 0 Å². The van der Waals surface area contributed by atoms with Gasteiger partial charge in [-0.05, 0) is 23.8 Å². The van der Waals surface area contributed by atoms with Crippen molar-refractivity contribution in [2.24, 2.45) is 0 Å². The van der Waals surface area contributed by atoms with Crippen molar-refractivity contribution in [2.75, 3.05) is 19.8 Å². The number of carbonyl (C=O) groups excluding carboxylic acids is 6. The maximum atomic E-state index is 13.2. The van der Waals surface area contributed by atoms with Crippen molar-refractivity contribution in [3.63, 3.8) is 0 Å². The van der Waals surface area contributed by atoms with E-state index in [1.165, 1.54) is 30.3 Å². The summed E-state index contributed by atoms with van der Waals surface area (Å²) in [7, 11) is 0. The SMILES string of the molecule is CC(=O)OCC1OC(OC2(COC(C)=O)OC(CO)C(OC(C)=O)C2OC(=O)C=Cc2ccc(O)cc2)C(OC(C)=O)C(OC(C)=O)C1O. The predicted molar refractivity (Wildman–Crippen MR) is 157 cm³/mol. The summed E-state index contributed by atoms with van der Waals surface area (Å²) in [5.41, 5.74) is 0.471. The average Bonchev–Trinajstić information content (AvgIpc) is 3.28. The molecule has 18 nitrogen and oxygen atoms in total. The molecule has 0 amide bonds. The fraction of sp³-hybridized carbons (Fsp3) is 0.548. The fourth-order valence-electron chi connectivity index (χ4n) is 4.99. The normalized spacial score (nSPS) is 29.4. The van der Waals surface area contributed by atoms with E-state index >= 15 is 0 Å². The topological polar surface area (TPSA) is 246 Å². The number of hydrogen-bond acceptors (Lipinski definition) is 18. The van der Waals surface area contributed by atoms with Crippen LogP contribution in [0.25, 0.3) is 6.08 Å². The van der Waals surface area contributed by atoms with E-state index in [9.17, 15) is 44.1 Å². The van der Waals surface area contributed by atoms with E-state index in [1.807, 2.05) is 0 Å². The molecule has 2 aliphatic heterocycles. The zero-order valence-electron chi connectivity index (χ0n) is 27.2. The second-order valence-corrected chi connectivity index (χ2v) is 10.9. The number of aliphatic hydroxyl groups excluding tert-OH is 2. The molecule has 18 heteroatoms. The summed E-state index contributed by atoms with van der Waals surface area (Å²) >= 11 is 0. The first kappa shape index (κ1) is 38.8. The van der Waals surface area contributed by atoms with Gasteiger partial charge in [-0.2, -0.15) is 0 Å². The Kier molecular flexibility index (Phi) is 13.6. The highest BCUT2D eigenvalue weighted by Gasteiger charge is 2.64. The van der Waals surface area contributed by atoms with E-state index in [4.69, 9.17) is 42.6 Å². The number of hydrogen-bond donors (Lipinski definition) is 3. The molecular formula is C31H38O18. The molecule has 3 rings (SSSR count). The third-order valence-electron chi connectivity index (χ3n) is 6.94. The number of carbonyl (C=O) groups is 6. The molecule has 9 atom stereocenters. The largest absolute Gasteiger partial charge is 0.508 e. The van der Waals surface area contributed by atoms with Crippen LogP contribution in [0.4, 0.5) is 0 Å². The van der Waals surface area contributed by atoms with Gasteiger partial charge in [0.25, 0.3) is 0 Å². The second kappa shape index (κ2) is 17.2. The van der Waals surface area contributed by atoms with Gasteiger partial charge in [0.15, 0.2) is 24.4 Å². The first-order valence-corrected chi connectivity index (χ1v) is 14.8. The van der Waals surface area contributed by atoms with Gasteiger partial charge in [0.2, 0.25) is 12.1 Å². The van der Waals surface area contributed by atoms with Gasteiger partial charge in [0.05, 0.1) is 6.61 Å². The molecule has 1 aromatic rings. The third kappa shape index (κ3) is 10.7. The number of phenols is 1. The first-order valence-electron chi connectivity index (χ1n) is 14.8. The van der Waals surface area contributed by atoms with Crippen LogP contribution in [0.1, 0.15) is 40.2 Å². The molecule has 2 saturated heterocycles. The third-order valence-corrected chi connectivity index (χ3v) is 6.94. The van der Waals surface area contributed by atoms with Crippen molar-refractivity contribution in [1.29, 1.82) is 0 Å². The van der Waals surface area contributed by atoms with Crippen molar-refractivity contribution < 1.29 is 86.7 Å². The van der Waals surface area contributed by atoms with Crippen molar-refractivity contribution in [3.05, 3.63) is 35.9 Å². The highest BCUT2D eigenvalue weighted by molar-refractivity contribution is 5.87. The molecule has 9 unspecified atom stereocenters. The van der Waals surface area contributed by atoms with E-state index in [0.29, 0.717) is 5.56 Å². The average molecular weight is 699 g/mol. The fourth-order valence-corrected chi connectivity index (χ4v) is 4.99. The molecule has 0 radical (unpaired) electrons. The van der Waals surface area contributed by atoms with Gasteiger partial charge in [-0.25, -0.2) is 4.79 Å². The van der Waals surface area contributed by atoms with Crippen molar-refractivity contribution in [3.8, 4) is 5.75 Å². The summed E-state index contributed by atoms with van der Waals surface area (Å²) in [5.74, 6) is -8.06. The second-order valence-electron chi connectivity index (χ2n) is 10.9. The minimum atomic E-state index is -2.51. The predicted octanol–water partition coefficient (Wildman–Crippen LogP) is -0.572. The minimum Gasteiger partial charge on any atom is -0.508 e. The number of aliphatic hydroxyl groups is 2. The number of benzene rings is 1. The van der Waals surface area contributed by atoms with Gasteiger partial charge in [-0.15, -0.1) is 0 Å². The molecule has 0 bridgehead atoms. The van der Waals surface area contributed by atoms with E-state index in [2.05, 4.69) is 0 Å². The lowest BCUT2D eigenvalue weighted by Gasteiger charge is -2.45. The van der Waals surface area contributed by atoms with Crippen LogP contribution in [0.2, 0.25) is 0 Å². The lowest BCUT2D eigenvalue weighted by atomic mass is 9.98. The molecule has 0 aromatic heterocycles. The molecule has 0 spiro atoms. The van der Waals surface area contributed by atoms with Crippen molar-refractivity contribution >= 4 is 41.9 Å². The Morgan fingerprint density at radius 2 is 1.35 bits per heavy atom. The summed E-state index contributed by atoms with van der Waals surface area (Å²) in [6, 6.07) is 5.72. The van der Waals surface area contributed by atoms with E-state index in [0.717, 1.165) is 40.7 Å². The highest BCUT2D eigenvalue weighted by atomic mass is 16.8. The molecule has 2 fully saturated rings. The van der Waals surface area contributed by atoms with Crippen LogP contribution in [-0.2, 0) is 71.4 Å². The van der Waals surface area contributed by atoms with Gasteiger partial charge >= 0.3 is 35.8 Å². The number of aromatic hydroxyl groups is 1. The lowest BCUT2D eigenvalue weighted by molar-refractivity contribution is -0.384. The van der Waals surface area contributed by atoms with Crippen LogP contribution in [0.3, 0.4) is 0 Å². The summed E-state index contributed by atoms with van der Waals surface area (Å²) in [5, 5.41) is 30.8. The van der Waals surface area contributed by atoms with Gasteiger partial charge in [0.1, 0.15) is 37.3 Å². The van der Waals surface area contributed by atoms with Crippen molar-refractivity contribution in [2.45, 2.75) is 89.4 Å². The Bertz CT molecular complexity index is 1390. The maximum absolute atomic E-state index is 13.2. The Morgan fingerprint density at radius 3 is 1.90 bits per heavy atom. The lowest BCUT2D eigenvalue weighted by Crippen LogP contribution is -2.65. The van der Waals surface area contributed by atoms with Crippen LogP contribution in [0.15, 0.2) is 30.3 Å². The van der Waals surface area contributed by atoms with E-state index in [1.54, 1.807) is 0 Å². The first-order chi connectivity index (χ1) is 23.0. The Balaban J connectivity index is 2.12.